The van der Waals surface area contributed by atoms with E-state index in [1.165, 1.54) is 4.68 Å². The largest absolute Gasteiger partial charge is 0.468 e. The van der Waals surface area contributed by atoms with Crippen LogP contribution >= 0.6 is 0 Å². The molecule has 0 radical (unpaired) electrons. The Kier molecular flexibility index (Phi) is 3.51. The zero-order valence-electron chi connectivity index (χ0n) is 10.8. The van der Waals surface area contributed by atoms with Gasteiger partial charge in [0.25, 0.3) is 5.88 Å². The standard InChI is InChI=1S/C11H18N4O3/c1-7(2)9-10(15(16)17)11(14(3)13-9)18-8-4-5-12-6-8/h7-8,12H,4-6H2,1-3H3. The first-order chi connectivity index (χ1) is 8.50. The average Bonchev–Trinajstić information content (AvgIpc) is 2.88. The number of hydrogen-bond acceptors (Lipinski definition) is 5. The summed E-state index contributed by atoms with van der Waals surface area (Å²) in [4.78, 5) is 10.8. The highest BCUT2D eigenvalue weighted by atomic mass is 16.6. The summed E-state index contributed by atoms with van der Waals surface area (Å²) in [6.07, 6.45) is 0.846. The summed E-state index contributed by atoms with van der Waals surface area (Å²) in [7, 11) is 1.68. The summed E-state index contributed by atoms with van der Waals surface area (Å²) in [5.41, 5.74) is 0.475. The van der Waals surface area contributed by atoms with Gasteiger partial charge in [-0.3, -0.25) is 10.1 Å². The fourth-order valence-corrected chi connectivity index (χ4v) is 2.10. The van der Waals surface area contributed by atoms with E-state index >= 15 is 0 Å². The van der Waals surface area contributed by atoms with Crippen LogP contribution in [0.5, 0.6) is 5.88 Å². The number of ether oxygens (including phenoxy) is 1. The topological polar surface area (TPSA) is 82.2 Å². The molecule has 18 heavy (non-hydrogen) atoms. The molecule has 1 N–H and O–H groups in total. The smallest absolute Gasteiger partial charge is 0.353 e. The molecule has 7 heteroatoms. The van der Waals surface area contributed by atoms with Gasteiger partial charge in [0.15, 0.2) is 0 Å². The molecule has 1 fully saturated rings. The second-order valence-corrected chi connectivity index (χ2v) is 4.81. The van der Waals surface area contributed by atoms with E-state index in [1.807, 2.05) is 13.8 Å². The minimum absolute atomic E-state index is 0.000556. The van der Waals surface area contributed by atoms with Crippen LogP contribution < -0.4 is 10.1 Å². The van der Waals surface area contributed by atoms with E-state index in [-0.39, 0.29) is 23.6 Å². The normalized spacial score (nSPS) is 19.4. The number of aryl methyl sites for hydroxylation is 1. The van der Waals surface area contributed by atoms with Gasteiger partial charge in [-0.05, 0) is 13.0 Å². The molecule has 1 atom stereocenters. The molecule has 0 bridgehead atoms. The van der Waals surface area contributed by atoms with Gasteiger partial charge in [-0.25, -0.2) is 4.68 Å². The van der Waals surface area contributed by atoms with Crippen molar-refractivity contribution in [1.29, 1.82) is 0 Å². The van der Waals surface area contributed by atoms with Gasteiger partial charge in [0, 0.05) is 19.5 Å². The molecule has 1 saturated heterocycles. The zero-order chi connectivity index (χ0) is 13.3. The lowest BCUT2D eigenvalue weighted by Crippen LogP contribution is -2.21. The van der Waals surface area contributed by atoms with Crippen LogP contribution in [0.3, 0.4) is 0 Å². The van der Waals surface area contributed by atoms with Crippen molar-refractivity contribution in [1.82, 2.24) is 15.1 Å². The van der Waals surface area contributed by atoms with Crippen LogP contribution in [0.4, 0.5) is 5.69 Å². The molecular weight excluding hydrogens is 236 g/mol. The molecule has 0 aromatic carbocycles. The third kappa shape index (κ3) is 2.31. The van der Waals surface area contributed by atoms with Crippen LogP contribution in [0, 0.1) is 10.1 Å². The summed E-state index contributed by atoms with van der Waals surface area (Å²) < 4.78 is 7.19. The molecule has 1 aliphatic heterocycles. The van der Waals surface area contributed by atoms with Crippen molar-refractivity contribution in [3.8, 4) is 5.88 Å². The molecule has 1 unspecified atom stereocenters. The molecule has 0 amide bonds. The Balaban J connectivity index is 2.35. The lowest BCUT2D eigenvalue weighted by Gasteiger charge is -2.11. The summed E-state index contributed by atoms with van der Waals surface area (Å²) in [6, 6.07) is 0. The number of hydrogen-bond donors (Lipinski definition) is 1. The van der Waals surface area contributed by atoms with Gasteiger partial charge < -0.3 is 10.1 Å². The highest BCUT2D eigenvalue weighted by Crippen LogP contribution is 2.35. The molecule has 2 rings (SSSR count). The van der Waals surface area contributed by atoms with Crippen LogP contribution in [0.2, 0.25) is 0 Å². The quantitative estimate of drug-likeness (QED) is 0.644. The van der Waals surface area contributed by atoms with E-state index in [9.17, 15) is 10.1 Å². The second-order valence-electron chi connectivity index (χ2n) is 4.81. The van der Waals surface area contributed by atoms with Crippen molar-refractivity contribution in [3.05, 3.63) is 15.8 Å². The molecular formula is C11H18N4O3. The number of rotatable bonds is 4. The van der Waals surface area contributed by atoms with E-state index in [0.29, 0.717) is 5.69 Å². The predicted molar refractivity (Wildman–Crippen MR) is 65.9 cm³/mol. The van der Waals surface area contributed by atoms with Crippen LogP contribution in [0.25, 0.3) is 0 Å². The summed E-state index contributed by atoms with van der Waals surface area (Å²) in [6.45, 7) is 5.37. The van der Waals surface area contributed by atoms with Crippen LogP contribution in [-0.2, 0) is 7.05 Å². The van der Waals surface area contributed by atoms with E-state index in [4.69, 9.17) is 4.74 Å². The first-order valence-corrected chi connectivity index (χ1v) is 6.09. The van der Waals surface area contributed by atoms with Crippen molar-refractivity contribution in [3.63, 3.8) is 0 Å². The van der Waals surface area contributed by atoms with Gasteiger partial charge in [0.1, 0.15) is 11.8 Å². The van der Waals surface area contributed by atoms with Gasteiger partial charge in [0.2, 0.25) is 0 Å². The van der Waals surface area contributed by atoms with Crippen molar-refractivity contribution >= 4 is 5.69 Å². The lowest BCUT2D eigenvalue weighted by atomic mass is 10.1. The molecule has 0 saturated carbocycles. The van der Waals surface area contributed by atoms with Gasteiger partial charge in [-0.2, -0.15) is 5.10 Å². The minimum atomic E-state index is -0.403. The molecule has 7 nitrogen and oxygen atoms in total. The van der Waals surface area contributed by atoms with Crippen LogP contribution in [-0.4, -0.2) is 33.9 Å². The van der Waals surface area contributed by atoms with Crippen LogP contribution in [0.15, 0.2) is 0 Å². The van der Waals surface area contributed by atoms with Gasteiger partial charge in [0.05, 0.1) is 4.92 Å². The van der Waals surface area contributed by atoms with Crippen molar-refractivity contribution < 1.29 is 9.66 Å². The first-order valence-electron chi connectivity index (χ1n) is 6.09. The van der Waals surface area contributed by atoms with E-state index in [0.717, 1.165) is 19.5 Å². The summed E-state index contributed by atoms with van der Waals surface area (Å²) in [5, 5.41) is 18.6. The van der Waals surface area contributed by atoms with Crippen molar-refractivity contribution in [2.75, 3.05) is 13.1 Å². The fourth-order valence-electron chi connectivity index (χ4n) is 2.10. The highest BCUT2D eigenvalue weighted by molar-refractivity contribution is 5.47. The first kappa shape index (κ1) is 12.8. The number of nitrogens with one attached hydrogen (secondary N) is 1. The summed E-state index contributed by atoms with van der Waals surface area (Å²) >= 11 is 0. The zero-order valence-corrected chi connectivity index (χ0v) is 10.8. The number of aromatic nitrogens is 2. The Bertz CT molecular complexity index is 449. The predicted octanol–water partition coefficient (Wildman–Crippen LogP) is 1.19. The Morgan fingerprint density at radius 3 is 2.83 bits per heavy atom. The Labute approximate surface area is 105 Å². The van der Waals surface area contributed by atoms with Crippen molar-refractivity contribution in [2.24, 2.45) is 7.05 Å². The van der Waals surface area contributed by atoms with Gasteiger partial charge in [-0.15, -0.1) is 0 Å². The average molecular weight is 254 g/mol. The molecule has 100 valence electrons. The fraction of sp³-hybridized carbons (Fsp3) is 0.727. The van der Waals surface area contributed by atoms with Gasteiger partial charge >= 0.3 is 5.69 Å². The number of nitrogens with zero attached hydrogens (tertiary/aromatic N) is 3. The van der Waals surface area contributed by atoms with E-state index < -0.39 is 4.92 Å². The van der Waals surface area contributed by atoms with E-state index in [2.05, 4.69) is 10.4 Å². The monoisotopic (exact) mass is 254 g/mol. The third-order valence-electron chi connectivity index (χ3n) is 3.02. The molecule has 1 aliphatic rings. The lowest BCUT2D eigenvalue weighted by molar-refractivity contribution is -0.386. The summed E-state index contributed by atoms with van der Waals surface area (Å²) in [5.74, 6) is 0.257. The number of nitro groups is 1. The molecule has 0 aliphatic carbocycles. The second kappa shape index (κ2) is 4.93. The maximum atomic E-state index is 11.2. The SMILES string of the molecule is CC(C)c1nn(C)c(OC2CCNC2)c1[N+](=O)[O-]. The molecule has 1 aromatic heterocycles. The Morgan fingerprint density at radius 1 is 1.61 bits per heavy atom. The molecule has 0 spiro atoms. The maximum absolute atomic E-state index is 11.2. The highest BCUT2D eigenvalue weighted by Gasteiger charge is 2.32. The van der Waals surface area contributed by atoms with Gasteiger partial charge in [-0.1, -0.05) is 13.8 Å². The third-order valence-corrected chi connectivity index (χ3v) is 3.02. The van der Waals surface area contributed by atoms with Crippen molar-refractivity contribution in [2.45, 2.75) is 32.3 Å². The minimum Gasteiger partial charge on any atom is -0.468 e. The Hall–Kier alpha value is -1.63. The molecule has 1 aromatic rings. The maximum Gasteiger partial charge on any atom is 0.353 e. The van der Waals surface area contributed by atoms with E-state index in [1.54, 1.807) is 7.05 Å². The van der Waals surface area contributed by atoms with Crippen LogP contribution in [0.1, 0.15) is 31.9 Å². The Morgan fingerprint density at radius 2 is 2.33 bits per heavy atom. The molecule has 2 heterocycles.